The van der Waals surface area contributed by atoms with Gasteiger partial charge in [-0.05, 0) is 18.2 Å². The maximum absolute atomic E-state index is 13.5. The van der Waals surface area contributed by atoms with E-state index in [1.807, 2.05) is 0 Å². The molecule has 1 fully saturated rings. The van der Waals surface area contributed by atoms with Gasteiger partial charge in [0.05, 0.1) is 6.54 Å². The van der Waals surface area contributed by atoms with Crippen molar-refractivity contribution < 1.29 is 14.0 Å². The molecule has 0 aromatic heterocycles. The predicted molar refractivity (Wildman–Crippen MR) is 60.0 cm³/mol. The van der Waals surface area contributed by atoms with Gasteiger partial charge in [0.25, 0.3) is 5.91 Å². The number of amides is 3. The van der Waals surface area contributed by atoms with Crippen LogP contribution >= 0.6 is 11.6 Å². The molecule has 0 radical (unpaired) electrons. The van der Waals surface area contributed by atoms with Crippen LogP contribution in [0.15, 0.2) is 18.2 Å². The van der Waals surface area contributed by atoms with Crippen molar-refractivity contribution in [3.05, 3.63) is 34.6 Å². The van der Waals surface area contributed by atoms with Crippen molar-refractivity contribution in [3.8, 4) is 0 Å². The molecule has 6 heteroatoms. The number of benzene rings is 1. The molecule has 0 atom stereocenters. The zero-order valence-electron chi connectivity index (χ0n) is 9.11. The molecule has 4 nitrogen and oxygen atoms in total. The summed E-state index contributed by atoms with van der Waals surface area (Å²) in [5.74, 6) is -0.818. The molecule has 1 saturated heterocycles. The average Bonchev–Trinajstić information content (AvgIpc) is 2.50. The van der Waals surface area contributed by atoms with Crippen molar-refractivity contribution in [2.75, 3.05) is 13.6 Å². The Morgan fingerprint density at radius 1 is 1.41 bits per heavy atom. The Labute approximate surface area is 103 Å². The third-order valence-electron chi connectivity index (χ3n) is 2.57. The number of nitrogens with zero attached hydrogens (tertiary/aromatic N) is 2. The molecule has 1 aliphatic heterocycles. The highest BCUT2D eigenvalue weighted by Gasteiger charge is 2.33. The first kappa shape index (κ1) is 11.9. The Bertz CT molecular complexity index is 492. The van der Waals surface area contributed by atoms with Crippen LogP contribution in [0.5, 0.6) is 0 Å². The lowest BCUT2D eigenvalue weighted by molar-refractivity contribution is -0.125. The summed E-state index contributed by atoms with van der Waals surface area (Å²) in [5.41, 5.74) is 0.231. The van der Waals surface area contributed by atoms with Gasteiger partial charge in [-0.2, -0.15) is 0 Å². The van der Waals surface area contributed by atoms with Crippen LogP contribution in [0.2, 0.25) is 5.02 Å². The standard InChI is InChI=1S/C11H10ClFN2O2/c1-14-6-10(16)15(11(14)17)5-7-4-8(12)2-3-9(7)13/h2-4H,5-6H2,1H3. The lowest BCUT2D eigenvalue weighted by Crippen LogP contribution is -2.31. The quantitative estimate of drug-likeness (QED) is 0.758. The van der Waals surface area contributed by atoms with E-state index in [-0.39, 0.29) is 24.6 Å². The lowest BCUT2D eigenvalue weighted by Gasteiger charge is -2.14. The third-order valence-corrected chi connectivity index (χ3v) is 2.80. The molecule has 17 heavy (non-hydrogen) atoms. The number of hydrogen-bond donors (Lipinski definition) is 0. The molecule has 2 rings (SSSR count). The molecular weight excluding hydrogens is 247 g/mol. The molecule has 0 saturated carbocycles. The zero-order chi connectivity index (χ0) is 12.6. The van der Waals surface area contributed by atoms with Crippen LogP contribution < -0.4 is 0 Å². The minimum atomic E-state index is -0.482. The van der Waals surface area contributed by atoms with Gasteiger partial charge < -0.3 is 4.90 Å². The van der Waals surface area contributed by atoms with Gasteiger partial charge in [-0.15, -0.1) is 0 Å². The number of imide groups is 1. The number of carbonyl (C=O) groups is 2. The number of halogens is 2. The van der Waals surface area contributed by atoms with Crippen molar-refractivity contribution in [3.63, 3.8) is 0 Å². The highest BCUT2D eigenvalue weighted by molar-refractivity contribution is 6.30. The van der Waals surface area contributed by atoms with Crippen LogP contribution in [-0.4, -0.2) is 35.3 Å². The lowest BCUT2D eigenvalue weighted by atomic mass is 10.2. The number of urea groups is 1. The second-order valence-corrected chi connectivity index (χ2v) is 4.29. The SMILES string of the molecule is CN1CC(=O)N(Cc2cc(Cl)ccc2F)C1=O. The Kier molecular flexibility index (Phi) is 3.02. The monoisotopic (exact) mass is 256 g/mol. The number of carbonyl (C=O) groups excluding carboxylic acids is 2. The van der Waals surface area contributed by atoms with E-state index in [1.54, 1.807) is 0 Å². The zero-order valence-corrected chi connectivity index (χ0v) is 9.87. The third kappa shape index (κ3) is 2.24. The molecule has 1 aromatic rings. The summed E-state index contributed by atoms with van der Waals surface area (Å²) in [7, 11) is 1.52. The summed E-state index contributed by atoms with van der Waals surface area (Å²) >= 11 is 5.74. The van der Waals surface area contributed by atoms with Crippen LogP contribution in [0.25, 0.3) is 0 Å². The fourth-order valence-corrected chi connectivity index (χ4v) is 1.85. The van der Waals surface area contributed by atoms with Gasteiger partial charge in [-0.25, -0.2) is 9.18 Å². The maximum atomic E-state index is 13.5. The molecule has 0 unspecified atom stereocenters. The Morgan fingerprint density at radius 3 is 2.71 bits per heavy atom. The molecular formula is C11H10ClFN2O2. The van der Waals surface area contributed by atoms with Gasteiger partial charge in [0, 0.05) is 17.6 Å². The van der Waals surface area contributed by atoms with Gasteiger partial charge >= 0.3 is 6.03 Å². The van der Waals surface area contributed by atoms with Crippen molar-refractivity contribution in [2.24, 2.45) is 0 Å². The minimum Gasteiger partial charge on any atom is -0.318 e. The molecule has 90 valence electrons. The smallest absolute Gasteiger partial charge is 0.318 e. The van der Waals surface area contributed by atoms with Crippen LogP contribution in [0.4, 0.5) is 9.18 Å². The molecule has 0 aliphatic carbocycles. The van der Waals surface area contributed by atoms with E-state index in [4.69, 9.17) is 11.6 Å². The Hall–Kier alpha value is -1.62. The van der Waals surface area contributed by atoms with E-state index in [0.29, 0.717) is 5.02 Å². The maximum Gasteiger partial charge on any atom is 0.327 e. The van der Waals surface area contributed by atoms with Crippen LogP contribution in [0, 0.1) is 5.82 Å². The van der Waals surface area contributed by atoms with E-state index >= 15 is 0 Å². The van der Waals surface area contributed by atoms with E-state index in [2.05, 4.69) is 0 Å². The Balaban J connectivity index is 2.24. The normalized spacial score (nSPS) is 15.9. The Morgan fingerprint density at radius 2 is 2.12 bits per heavy atom. The minimum absolute atomic E-state index is 0.0288. The molecule has 0 N–H and O–H groups in total. The summed E-state index contributed by atoms with van der Waals surface area (Å²) < 4.78 is 13.5. The van der Waals surface area contributed by atoms with Gasteiger partial charge in [0.2, 0.25) is 0 Å². The average molecular weight is 257 g/mol. The van der Waals surface area contributed by atoms with E-state index in [0.717, 1.165) is 4.90 Å². The molecule has 1 aromatic carbocycles. The molecule has 0 bridgehead atoms. The molecule has 0 spiro atoms. The second-order valence-electron chi connectivity index (χ2n) is 3.85. The highest BCUT2D eigenvalue weighted by atomic mass is 35.5. The van der Waals surface area contributed by atoms with Crippen LogP contribution in [0.1, 0.15) is 5.56 Å². The molecule has 1 aliphatic rings. The van der Waals surface area contributed by atoms with E-state index in [1.165, 1.54) is 30.1 Å². The van der Waals surface area contributed by atoms with Crippen molar-refractivity contribution in [1.82, 2.24) is 9.80 Å². The van der Waals surface area contributed by atoms with Gasteiger partial charge in [0.1, 0.15) is 12.4 Å². The fraction of sp³-hybridized carbons (Fsp3) is 0.273. The number of hydrogen-bond acceptors (Lipinski definition) is 2. The first-order valence-corrected chi connectivity index (χ1v) is 5.36. The van der Waals surface area contributed by atoms with Crippen molar-refractivity contribution in [1.29, 1.82) is 0 Å². The first-order chi connectivity index (χ1) is 7.99. The highest BCUT2D eigenvalue weighted by Crippen LogP contribution is 2.19. The molecule has 3 amide bonds. The van der Waals surface area contributed by atoms with Crippen molar-refractivity contribution in [2.45, 2.75) is 6.54 Å². The van der Waals surface area contributed by atoms with E-state index in [9.17, 15) is 14.0 Å². The summed E-state index contributed by atoms with van der Waals surface area (Å²) in [4.78, 5) is 25.4. The topological polar surface area (TPSA) is 40.6 Å². The summed E-state index contributed by atoms with van der Waals surface area (Å²) in [6.07, 6.45) is 0. The second kappa shape index (κ2) is 4.33. The summed E-state index contributed by atoms with van der Waals surface area (Å²) in [6.45, 7) is -0.0601. The van der Waals surface area contributed by atoms with E-state index < -0.39 is 11.8 Å². The van der Waals surface area contributed by atoms with Gasteiger partial charge in [0.15, 0.2) is 0 Å². The summed E-state index contributed by atoms with van der Waals surface area (Å²) in [5, 5.41) is 0.369. The summed E-state index contributed by atoms with van der Waals surface area (Å²) in [6, 6.07) is 3.62. The number of rotatable bonds is 2. The largest absolute Gasteiger partial charge is 0.327 e. The number of likely N-dealkylation sites (N-methyl/N-ethyl adjacent to an activating group) is 1. The first-order valence-electron chi connectivity index (χ1n) is 4.98. The predicted octanol–water partition coefficient (Wildman–Crippen LogP) is 1.87. The van der Waals surface area contributed by atoms with Gasteiger partial charge in [-0.1, -0.05) is 11.6 Å². The van der Waals surface area contributed by atoms with Crippen LogP contribution in [-0.2, 0) is 11.3 Å². The molecule has 1 heterocycles. The van der Waals surface area contributed by atoms with Crippen molar-refractivity contribution >= 4 is 23.5 Å². The van der Waals surface area contributed by atoms with Crippen LogP contribution in [0.3, 0.4) is 0 Å². The fourth-order valence-electron chi connectivity index (χ4n) is 1.66. The van der Waals surface area contributed by atoms with Gasteiger partial charge in [-0.3, -0.25) is 9.69 Å².